The van der Waals surface area contributed by atoms with E-state index in [9.17, 15) is 4.79 Å². The lowest BCUT2D eigenvalue weighted by molar-refractivity contribution is 0.112. The molecular formula is C18H20O2. The van der Waals surface area contributed by atoms with Crippen LogP contribution in [0.1, 0.15) is 43.1 Å². The van der Waals surface area contributed by atoms with Crippen LogP contribution in [0, 0.1) is 0 Å². The van der Waals surface area contributed by atoms with Gasteiger partial charge < -0.3 is 4.74 Å². The van der Waals surface area contributed by atoms with E-state index in [1.165, 1.54) is 5.56 Å². The molecule has 0 unspecified atom stereocenters. The fourth-order valence-electron chi connectivity index (χ4n) is 1.93. The third-order valence-corrected chi connectivity index (χ3v) is 3.77. The van der Waals surface area contributed by atoms with Crippen LogP contribution in [0.25, 0.3) is 0 Å². The van der Waals surface area contributed by atoms with Gasteiger partial charge in [0.25, 0.3) is 0 Å². The summed E-state index contributed by atoms with van der Waals surface area (Å²) in [6, 6.07) is 15.3. The summed E-state index contributed by atoms with van der Waals surface area (Å²) >= 11 is 0. The van der Waals surface area contributed by atoms with Crippen LogP contribution in [-0.4, -0.2) is 6.29 Å². The Morgan fingerprint density at radius 2 is 1.45 bits per heavy atom. The fraction of sp³-hybridized carbons (Fsp3) is 0.278. The van der Waals surface area contributed by atoms with Crippen LogP contribution in [0.15, 0.2) is 48.5 Å². The van der Waals surface area contributed by atoms with E-state index in [0.717, 1.165) is 24.2 Å². The molecule has 0 atom stereocenters. The van der Waals surface area contributed by atoms with Gasteiger partial charge in [-0.2, -0.15) is 0 Å². The van der Waals surface area contributed by atoms with Gasteiger partial charge in [-0.05, 0) is 53.8 Å². The van der Waals surface area contributed by atoms with Crippen LogP contribution in [0.4, 0.5) is 0 Å². The van der Waals surface area contributed by atoms with E-state index in [1.54, 1.807) is 24.3 Å². The zero-order valence-corrected chi connectivity index (χ0v) is 12.2. The van der Waals surface area contributed by atoms with Gasteiger partial charge in [-0.25, -0.2) is 0 Å². The van der Waals surface area contributed by atoms with E-state index in [-0.39, 0.29) is 5.41 Å². The maximum absolute atomic E-state index is 10.6. The van der Waals surface area contributed by atoms with Gasteiger partial charge in [-0.1, -0.05) is 32.9 Å². The lowest BCUT2D eigenvalue weighted by Gasteiger charge is -2.23. The SMILES string of the molecule is CCC(C)(C)c1ccc(Oc2ccc(C=O)cc2)cc1. The Hall–Kier alpha value is -2.09. The lowest BCUT2D eigenvalue weighted by atomic mass is 9.82. The highest BCUT2D eigenvalue weighted by molar-refractivity contribution is 5.74. The van der Waals surface area contributed by atoms with E-state index in [1.807, 2.05) is 12.1 Å². The maximum atomic E-state index is 10.6. The van der Waals surface area contributed by atoms with Gasteiger partial charge >= 0.3 is 0 Å². The van der Waals surface area contributed by atoms with Crippen LogP contribution in [-0.2, 0) is 5.41 Å². The van der Waals surface area contributed by atoms with E-state index < -0.39 is 0 Å². The van der Waals surface area contributed by atoms with Crippen molar-refractivity contribution in [3.8, 4) is 11.5 Å². The first-order chi connectivity index (χ1) is 9.55. The molecule has 2 rings (SSSR count). The minimum atomic E-state index is 0.185. The third-order valence-electron chi connectivity index (χ3n) is 3.77. The summed E-state index contributed by atoms with van der Waals surface area (Å²) in [4.78, 5) is 10.6. The van der Waals surface area contributed by atoms with Crippen LogP contribution in [0.2, 0.25) is 0 Å². The molecule has 104 valence electrons. The first kappa shape index (κ1) is 14.3. The van der Waals surface area contributed by atoms with Gasteiger partial charge in [0.1, 0.15) is 17.8 Å². The Morgan fingerprint density at radius 1 is 0.950 bits per heavy atom. The summed E-state index contributed by atoms with van der Waals surface area (Å²) in [6.07, 6.45) is 1.92. The molecule has 0 radical (unpaired) electrons. The predicted octanol–water partition coefficient (Wildman–Crippen LogP) is 4.98. The molecule has 0 aliphatic heterocycles. The van der Waals surface area contributed by atoms with Crippen LogP contribution < -0.4 is 4.74 Å². The van der Waals surface area contributed by atoms with Gasteiger partial charge in [-0.3, -0.25) is 4.79 Å². The fourth-order valence-corrected chi connectivity index (χ4v) is 1.93. The van der Waals surface area contributed by atoms with E-state index in [4.69, 9.17) is 4.74 Å². The molecule has 20 heavy (non-hydrogen) atoms. The van der Waals surface area contributed by atoms with Crippen molar-refractivity contribution in [2.75, 3.05) is 0 Å². The summed E-state index contributed by atoms with van der Waals surface area (Å²) in [5.74, 6) is 1.54. The zero-order chi connectivity index (χ0) is 14.6. The number of carbonyl (C=O) groups excluding carboxylic acids is 1. The van der Waals surface area contributed by atoms with Crippen molar-refractivity contribution in [1.29, 1.82) is 0 Å². The molecule has 0 heterocycles. The molecule has 0 amide bonds. The van der Waals surface area contributed by atoms with E-state index in [0.29, 0.717) is 5.56 Å². The summed E-state index contributed by atoms with van der Waals surface area (Å²) in [5.41, 5.74) is 2.14. The first-order valence-electron chi connectivity index (χ1n) is 6.89. The van der Waals surface area contributed by atoms with Gasteiger partial charge in [0.05, 0.1) is 0 Å². The Balaban J connectivity index is 2.12. The van der Waals surface area contributed by atoms with Gasteiger partial charge in [-0.15, -0.1) is 0 Å². The van der Waals surface area contributed by atoms with Crippen LogP contribution >= 0.6 is 0 Å². The van der Waals surface area contributed by atoms with Gasteiger partial charge in [0.15, 0.2) is 0 Å². The number of carbonyl (C=O) groups is 1. The van der Waals surface area contributed by atoms with E-state index >= 15 is 0 Å². The highest BCUT2D eigenvalue weighted by Gasteiger charge is 2.17. The molecule has 0 saturated heterocycles. The molecule has 0 aromatic heterocycles. The topological polar surface area (TPSA) is 26.3 Å². The average molecular weight is 268 g/mol. The van der Waals surface area contributed by atoms with Crippen LogP contribution in [0.3, 0.4) is 0 Å². The Morgan fingerprint density at radius 3 is 1.90 bits per heavy atom. The molecular weight excluding hydrogens is 248 g/mol. The maximum Gasteiger partial charge on any atom is 0.150 e. The van der Waals surface area contributed by atoms with E-state index in [2.05, 4.69) is 32.9 Å². The lowest BCUT2D eigenvalue weighted by Crippen LogP contribution is -2.14. The minimum Gasteiger partial charge on any atom is -0.457 e. The first-order valence-corrected chi connectivity index (χ1v) is 6.89. The van der Waals surface area contributed by atoms with Crippen LogP contribution in [0.5, 0.6) is 11.5 Å². The molecule has 0 spiro atoms. The molecule has 2 nitrogen and oxygen atoms in total. The molecule has 2 heteroatoms. The largest absolute Gasteiger partial charge is 0.457 e. The quantitative estimate of drug-likeness (QED) is 0.715. The smallest absolute Gasteiger partial charge is 0.150 e. The zero-order valence-electron chi connectivity index (χ0n) is 12.2. The molecule has 0 saturated carbocycles. The molecule has 2 aromatic carbocycles. The summed E-state index contributed by atoms with van der Waals surface area (Å²) < 4.78 is 5.76. The van der Waals surface area contributed by atoms with Crippen molar-refractivity contribution >= 4 is 6.29 Å². The number of ether oxygens (including phenoxy) is 1. The number of aldehydes is 1. The Kier molecular flexibility index (Phi) is 4.23. The monoisotopic (exact) mass is 268 g/mol. The molecule has 0 aliphatic carbocycles. The number of hydrogen-bond acceptors (Lipinski definition) is 2. The van der Waals surface area contributed by atoms with Gasteiger partial charge in [0, 0.05) is 5.56 Å². The van der Waals surface area contributed by atoms with Crippen molar-refractivity contribution in [3.05, 3.63) is 59.7 Å². The standard InChI is InChI=1S/C18H20O2/c1-4-18(2,3)15-7-11-17(12-8-15)20-16-9-5-14(13-19)6-10-16/h5-13H,4H2,1-3H3. The normalized spacial score (nSPS) is 11.2. The average Bonchev–Trinajstić information content (AvgIpc) is 2.48. The minimum absolute atomic E-state index is 0.185. The highest BCUT2D eigenvalue weighted by atomic mass is 16.5. The highest BCUT2D eigenvalue weighted by Crippen LogP contribution is 2.29. The molecule has 2 aromatic rings. The third kappa shape index (κ3) is 3.27. The second-order valence-electron chi connectivity index (χ2n) is 5.55. The van der Waals surface area contributed by atoms with Crippen molar-refractivity contribution in [2.24, 2.45) is 0 Å². The Labute approximate surface area is 120 Å². The molecule has 0 N–H and O–H groups in total. The second-order valence-corrected chi connectivity index (χ2v) is 5.55. The second kappa shape index (κ2) is 5.91. The van der Waals surface area contributed by atoms with Crippen molar-refractivity contribution < 1.29 is 9.53 Å². The van der Waals surface area contributed by atoms with Crippen molar-refractivity contribution in [1.82, 2.24) is 0 Å². The molecule has 0 aliphatic rings. The Bertz CT molecular complexity index is 565. The number of rotatable bonds is 5. The van der Waals surface area contributed by atoms with Crippen molar-refractivity contribution in [2.45, 2.75) is 32.6 Å². The molecule has 0 bridgehead atoms. The summed E-state index contributed by atoms with van der Waals surface area (Å²) in [6.45, 7) is 6.67. The summed E-state index contributed by atoms with van der Waals surface area (Å²) in [5, 5.41) is 0. The predicted molar refractivity (Wildman–Crippen MR) is 81.7 cm³/mol. The summed E-state index contributed by atoms with van der Waals surface area (Å²) in [7, 11) is 0. The number of benzene rings is 2. The number of hydrogen-bond donors (Lipinski definition) is 0. The van der Waals surface area contributed by atoms with Crippen molar-refractivity contribution in [3.63, 3.8) is 0 Å². The molecule has 0 fully saturated rings. The van der Waals surface area contributed by atoms with Gasteiger partial charge in [0.2, 0.25) is 0 Å².